The molecular weight excluding hydrogens is 326 g/mol. The van der Waals surface area contributed by atoms with E-state index in [0.29, 0.717) is 18.8 Å². The highest BCUT2D eigenvalue weighted by Crippen LogP contribution is 2.40. The fourth-order valence-corrected chi connectivity index (χ4v) is 4.51. The van der Waals surface area contributed by atoms with Crippen LogP contribution in [-0.2, 0) is 16.6 Å². The summed E-state index contributed by atoms with van der Waals surface area (Å²) in [6, 6.07) is 0. The largest absolute Gasteiger partial charge is 0.342 e. The van der Waals surface area contributed by atoms with Crippen LogP contribution < -0.4 is 0 Å². The van der Waals surface area contributed by atoms with Crippen LogP contribution in [0.5, 0.6) is 0 Å². The number of carbonyl (C=O) groups is 2. The highest BCUT2D eigenvalue weighted by molar-refractivity contribution is 7.99. The molecule has 1 spiro atoms. The number of aryl methyl sites for hydroxylation is 1. The van der Waals surface area contributed by atoms with E-state index in [4.69, 9.17) is 0 Å². The number of piperidine rings is 1. The van der Waals surface area contributed by atoms with Gasteiger partial charge in [0, 0.05) is 33.2 Å². The number of aromatic nitrogens is 3. The standard InChI is InChI=1S/C16H25N5O2S/c1-3-7-20-8-4-5-16(14(20)23)6-9-21(11-16)13(22)10-24-15-18-17-12-19(15)2/h12H,3-11H2,1-2H3/t16-/m0/s1. The second-order valence-corrected chi connectivity index (χ2v) is 7.70. The van der Waals surface area contributed by atoms with Crippen molar-refractivity contribution in [2.75, 3.05) is 31.9 Å². The van der Waals surface area contributed by atoms with Crippen molar-refractivity contribution in [1.29, 1.82) is 0 Å². The van der Waals surface area contributed by atoms with Gasteiger partial charge in [-0.2, -0.15) is 0 Å². The van der Waals surface area contributed by atoms with Gasteiger partial charge < -0.3 is 14.4 Å². The van der Waals surface area contributed by atoms with E-state index < -0.39 is 0 Å². The molecule has 3 rings (SSSR count). The number of thioether (sulfide) groups is 1. The lowest BCUT2D eigenvalue weighted by Crippen LogP contribution is -2.50. The van der Waals surface area contributed by atoms with E-state index in [2.05, 4.69) is 17.1 Å². The van der Waals surface area contributed by atoms with Gasteiger partial charge in [0.25, 0.3) is 0 Å². The number of rotatable bonds is 5. The third kappa shape index (κ3) is 3.29. The molecule has 0 N–H and O–H groups in total. The molecule has 0 bridgehead atoms. The topological polar surface area (TPSA) is 71.3 Å². The SMILES string of the molecule is CCCN1CCC[C@@]2(CCN(C(=O)CSc3nncn3C)C2)C1=O. The van der Waals surface area contributed by atoms with Gasteiger partial charge in [-0.25, -0.2) is 0 Å². The van der Waals surface area contributed by atoms with Crippen molar-refractivity contribution in [3.8, 4) is 0 Å². The van der Waals surface area contributed by atoms with Crippen LogP contribution in [0.3, 0.4) is 0 Å². The monoisotopic (exact) mass is 351 g/mol. The van der Waals surface area contributed by atoms with Gasteiger partial charge in [0.15, 0.2) is 5.16 Å². The van der Waals surface area contributed by atoms with Crippen LogP contribution in [0.15, 0.2) is 11.5 Å². The molecule has 8 heteroatoms. The van der Waals surface area contributed by atoms with E-state index in [1.54, 1.807) is 10.9 Å². The van der Waals surface area contributed by atoms with Gasteiger partial charge in [0.1, 0.15) is 6.33 Å². The lowest BCUT2D eigenvalue weighted by molar-refractivity contribution is -0.146. The average Bonchev–Trinajstić information content (AvgIpc) is 3.17. The van der Waals surface area contributed by atoms with Crippen LogP contribution in [0.25, 0.3) is 0 Å². The van der Waals surface area contributed by atoms with Crippen molar-refractivity contribution < 1.29 is 9.59 Å². The van der Waals surface area contributed by atoms with Crippen LogP contribution in [0.1, 0.15) is 32.6 Å². The average molecular weight is 351 g/mol. The molecule has 0 aromatic carbocycles. The molecule has 2 saturated heterocycles. The third-order valence-corrected chi connectivity index (χ3v) is 6.04. The van der Waals surface area contributed by atoms with Crippen LogP contribution in [0, 0.1) is 5.41 Å². The van der Waals surface area contributed by atoms with Gasteiger partial charge in [-0.05, 0) is 25.7 Å². The zero-order chi connectivity index (χ0) is 17.2. The van der Waals surface area contributed by atoms with Crippen molar-refractivity contribution in [3.05, 3.63) is 6.33 Å². The summed E-state index contributed by atoms with van der Waals surface area (Å²) in [6.45, 7) is 5.05. The minimum Gasteiger partial charge on any atom is -0.342 e. The summed E-state index contributed by atoms with van der Waals surface area (Å²) in [4.78, 5) is 29.2. The molecule has 7 nitrogen and oxygen atoms in total. The lowest BCUT2D eigenvalue weighted by Gasteiger charge is -2.39. The van der Waals surface area contributed by atoms with Gasteiger partial charge in [0.05, 0.1) is 11.2 Å². The zero-order valence-corrected chi connectivity index (χ0v) is 15.2. The predicted molar refractivity (Wildman–Crippen MR) is 91.5 cm³/mol. The van der Waals surface area contributed by atoms with Crippen molar-refractivity contribution in [2.24, 2.45) is 12.5 Å². The number of likely N-dealkylation sites (tertiary alicyclic amines) is 2. The minimum absolute atomic E-state index is 0.0836. The van der Waals surface area contributed by atoms with Crippen molar-refractivity contribution in [1.82, 2.24) is 24.6 Å². The predicted octanol–water partition coefficient (Wildman–Crippen LogP) is 1.16. The maximum atomic E-state index is 12.9. The van der Waals surface area contributed by atoms with Gasteiger partial charge >= 0.3 is 0 Å². The van der Waals surface area contributed by atoms with E-state index in [1.165, 1.54) is 11.8 Å². The van der Waals surface area contributed by atoms with E-state index in [-0.39, 0.29) is 17.2 Å². The number of hydrogen-bond donors (Lipinski definition) is 0. The van der Waals surface area contributed by atoms with E-state index in [9.17, 15) is 9.59 Å². The highest BCUT2D eigenvalue weighted by atomic mass is 32.2. The number of amides is 2. The van der Waals surface area contributed by atoms with E-state index in [0.717, 1.165) is 43.9 Å². The van der Waals surface area contributed by atoms with Gasteiger partial charge in [-0.1, -0.05) is 18.7 Å². The van der Waals surface area contributed by atoms with Gasteiger partial charge in [-0.3, -0.25) is 9.59 Å². The zero-order valence-electron chi connectivity index (χ0n) is 14.4. The van der Waals surface area contributed by atoms with E-state index in [1.807, 2.05) is 16.8 Å². The Kier molecular flexibility index (Phi) is 5.12. The normalized spacial score (nSPS) is 24.2. The third-order valence-electron chi connectivity index (χ3n) is 5.02. The summed E-state index contributed by atoms with van der Waals surface area (Å²) in [5.74, 6) is 0.683. The van der Waals surface area contributed by atoms with Crippen molar-refractivity contribution >= 4 is 23.6 Å². The van der Waals surface area contributed by atoms with Crippen molar-refractivity contribution in [3.63, 3.8) is 0 Å². The molecule has 0 saturated carbocycles. The fraction of sp³-hybridized carbons (Fsp3) is 0.750. The second kappa shape index (κ2) is 7.13. The number of nitrogens with zero attached hydrogens (tertiary/aromatic N) is 5. The molecule has 1 aromatic rings. The molecule has 2 amide bonds. The molecule has 2 aliphatic rings. The summed E-state index contributed by atoms with van der Waals surface area (Å²) in [6.07, 6.45) is 5.36. The maximum Gasteiger partial charge on any atom is 0.233 e. The van der Waals surface area contributed by atoms with Crippen LogP contribution in [0.4, 0.5) is 0 Å². The Morgan fingerprint density at radius 3 is 2.92 bits per heavy atom. The molecule has 3 heterocycles. The first-order valence-electron chi connectivity index (χ1n) is 8.60. The highest BCUT2D eigenvalue weighted by Gasteiger charge is 2.49. The Labute approximate surface area is 146 Å². The Balaban J connectivity index is 1.59. The Morgan fingerprint density at radius 2 is 2.21 bits per heavy atom. The first-order chi connectivity index (χ1) is 11.6. The fourth-order valence-electron chi connectivity index (χ4n) is 3.72. The molecule has 2 fully saturated rings. The lowest BCUT2D eigenvalue weighted by atomic mass is 9.78. The minimum atomic E-state index is -0.335. The molecule has 1 atom stereocenters. The van der Waals surface area contributed by atoms with Crippen molar-refractivity contribution in [2.45, 2.75) is 37.8 Å². The Hall–Kier alpha value is -1.57. The first-order valence-corrected chi connectivity index (χ1v) is 9.58. The van der Waals surface area contributed by atoms with Crippen LogP contribution in [-0.4, -0.2) is 68.3 Å². The summed E-state index contributed by atoms with van der Waals surface area (Å²) >= 11 is 1.40. The Bertz CT molecular complexity index is 617. The van der Waals surface area contributed by atoms with Crippen LogP contribution in [0.2, 0.25) is 0 Å². The first kappa shape index (κ1) is 17.3. The second-order valence-electron chi connectivity index (χ2n) is 6.75. The smallest absolute Gasteiger partial charge is 0.233 e. The molecule has 0 radical (unpaired) electrons. The summed E-state index contributed by atoms with van der Waals surface area (Å²) < 4.78 is 1.80. The molecule has 0 aliphatic carbocycles. The molecule has 132 valence electrons. The molecule has 1 aromatic heterocycles. The van der Waals surface area contributed by atoms with Crippen LogP contribution >= 0.6 is 11.8 Å². The summed E-state index contributed by atoms with van der Waals surface area (Å²) in [7, 11) is 1.86. The molecule has 2 aliphatic heterocycles. The quantitative estimate of drug-likeness (QED) is 0.745. The van der Waals surface area contributed by atoms with E-state index >= 15 is 0 Å². The van der Waals surface area contributed by atoms with Gasteiger partial charge in [-0.15, -0.1) is 10.2 Å². The molecule has 0 unspecified atom stereocenters. The molecular formula is C16H25N5O2S. The number of hydrogen-bond acceptors (Lipinski definition) is 5. The van der Waals surface area contributed by atoms with Gasteiger partial charge in [0.2, 0.25) is 11.8 Å². The Morgan fingerprint density at radius 1 is 1.38 bits per heavy atom. The molecule has 24 heavy (non-hydrogen) atoms. The maximum absolute atomic E-state index is 12.9. The summed E-state index contributed by atoms with van der Waals surface area (Å²) in [5, 5.41) is 8.54. The summed E-state index contributed by atoms with van der Waals surface area (Å²) in [5.41, 5.74) is -0.335. The number of carbonyl (C=O) groups excluding carboxylic acids is 2.